The number of rotatable bonds is 3. The highest BCUT2D eigenvalue weighted by molar-refractivity contribution is 7.10. The molecule has 0 spiro atoms. The fourth-order valence-corrected chi connectivity index (χ4v) is 4.89. The number of hydrogen-bond donors (Lipinski definition) is 1. The highest BCUT2D eigenvalue weighted by atomic mass is 32.1. The molecule has 0 radical (unpaired) electrons. The largest absolute Gasteiger partial charge is 0.369 e. The second-order valence-electron chi connectivity index (χ2n) is 7.45. The SMILES string of the molecule is CN1C(=O)[C@@](C)(n2ccnc2)[C@@](C)(c2cc(-c3ccc(F)c(C#N)c3)cs2)N=C1N. The van der Waals surface area contributed by atoms with Crippen molar-refractivity contribution in [2.24, 2.45) is 10.7 Å². The zero-order valence-corrected chi connectivity index (χ0v) is 17.4. The molecular weight excluding hydrogens is 403 g/mol. The zero-order chi connectivity index (χ0) is 21.7. The van der Waals surface area contributed by atoms with E-state index in [1.54, 1.807) is 36.4 Å². The Kier molecular flexibility index (Phi) is 4.47. The highest BCUT2D eigenvalue weighted by Gasteiger charge is 2.58. The first kappa shape index (κ1) is 19.8. The topological polar surface area (TPSA) is 100 Å². The lowest BCUT2D eigenvalue weighted by Gasteiger charge is -2.47. The van der Waals surface area contributed by atoms with Crippen LogP contribution in [0.15, 0.2) is 53.4 Å². The summed E-state index contributed by atoms with van der Waals surface area (Å²) in [7, 11) is 1.59. The van der Waals surface area contributed by atoms with Gasteiger partial charge in [0, 0.05) is 24.3 Å². The molecule has 4 rings (SSSR count). The molecule has 1 aliphatic heterocycles. The number of likely N-dealkylation sites (N-methyl/N-ethyl adjacent to an activating group) is 1. The van der Waals surface area contributed by atoms with Gasteiger partial charge in [-0.3, -0.25) is 9.69 Å². The molecule has 152 valence electrons. The quantitative estimate of drug-likeness (QED) is 0.701. The third-order valence-corrected chi connectivity index (χ3v) is 7.01. The van der Waals surface area contributed by atoms with Crippen molar-refractivity contribution in [2.75, 3.05) is 7.05 Å². The third-order valence-electron chi connectivity index (χ3n) is 5.87. The Hall–Kier alpha value is -3.51. The average molecular weight is 422 g/mol. The van der Waals surface area contributed by atoms with Crippen molar-refractivity contribution in [1.29, 1.82) is 5.26 Å². The number of benzene rings is 1. The van der Waals surface area contributed by atoms with Gasteiger partial charge in [0.2, 0.25) is 0 Å². The normalized spacial score (nSPS) is 23.9. The van der Waals surface area contributed by atoms with E-state index in [1.807, 2.05) is 31.4 Å². The minimum atomic E-state index is -1.11. The molecule has 30 heavy (non-hydrogen) atoms. The second kappa shape index (κ2) is 6.78. The number of thiophene rings is 1. The number of imidazole rings is 1. The molecule has 0 saturated carbocycles. The van der Waals surface area contributed by atoms with Crippen LogP contribution < -0.4 is 5.73 Å². The monoisotopic (exact) mass is 422 g/mol. The van der Waals surface area contributed by atoms with Crippen LogP contribution in [0.3, 0.4) is 0 Å². The van der Waals surface area contributed by atoms with Crippen LogP contribution in [-0.2, 0) is 15.9 Å². The molecule has 2 aromatic heterocycles. The van der Waals surface area contributed by atoms with E-state index >= 15 is 0 Å². The molecule has 1 aromatic carbocycles. The standard InChI is InChI=1S/C21H19FN6OS/c1-20(17-9-15(11-30-17)13-4-5-16(22)14(8-13)10-23)21(2,28-7-6-25-12-28)18(29)27(3)19(24)26-20/h4-9,11-12H,1-3H3,(H2,24,26)/t20-,21-/m1/s1. The summed E-state index contributed by atoms with van der Waals surface area (Å²) in [5.41, 5.74) is 5.46. The molecule has 0 fully saturated rings. The molecule has 0 bridgehead atoms. The molecule has 9 heteroatoms. The number of nitriles is 1. The van der Waals surface area contributed by atoms with Crippen molar-refractivity contribution >= 4 is 23.2 Å². The Balaban J connectivity index is 1.88. The highest BCUT2D eigenvalue weighted by Crippen LogP contribution is 2.48. The summed E-state index contributed by atoms with van der Waals surface area (Å²) in [6.45, 7) is 3.68. The van der Waals surface area contributed by atoms with Crippen molar-refractivity contribution < 1.29 is 9.18 Å². The van der Waals surface area contributed by atoms with E-state index in [1.165, 1.54) is 28.4 Å². The number of nitrogens with zero attached hydrogens (tertiary/aromatic N) is 5. The lowest BCUT2D eigenvalue weighted by atomic mass is 9.75. The van der Waals surface area contributed by atoms with E-state index in [0.717, 1.165) is 10.4 Å². The second-order valence-corrected chi connectivity index (χ2v) is 8.37. The van der Waals surface area contributed by atoms with Gasteiger partial charge in [-0.2, -0.15) is 5.26 Å². The Labute approximate surface area is 176 Å². The first-order valence-corrected chi connectivity index (χ1v) is 10.0. The number of hydrogen-bond acceptors (Lipinski definition) is 6. The number of aliphatic imine (C=N–C) groups is 1. The summed E-state index contributed by atoms with van der Waals surface area (Å²) >= 11 is 1.43. The van der Waals surface area contributed by atoms with Crippen LogP contribution >= 0.6 is 11.3 Å². The van der Waals surface area contributed by atoms with E-state index < -0.39 is 16.9 Å². The Morgan fingerprint density at radius 3 is 2.70 bits per heavy atom. The number of guanidine groups is 1. The maximum Gasteiger partial charge on any atom is 0.257 e. The van der Waals surface area contributed by atoms with Gasteiger partial charge >= 0.3 is 0 Å². The van der Waals surface area contributed by atoms with E-state index in [-0.39, 0.29) is 17.4 Å². The minimum Gasteiger partial charge on any atom is -0.369 e. The first-order valence-electron chi connectivity index (χ1n) is 9.13. The lowest BCUT2D eigenvalue weighted by Crippen LogP contribution is -2.64. The Morgan fingerprint density at radius 2 is 2.03 bits per heavy atom. The molecule has 0 unspecified atom stereocenters. The van der Waals surface area contributed by atoms with Crippen LogP contribution in [0.4, 0.5) is 4.39 Å². The summed E-state index contributed by atoms with van der Waals surface area (Å²) < 4.78 is 15.5. The molecule has 0 saturated heterocycles. The Morgan fingerprint density at radius 1 is 1.27 bits per heavy atom. The van der Waals surface area contributed by atoms with E-state index in [4.69, 9.17) is 16.0 Å². The Bertz CT molecular complexity index is 1210. The predicted molar refractivity (Wildman–Crippen MR) is 112 cm³/mol. The van der Waals surface area contributed by atoms with Gasteiger partial charge in [0.25, 0.3) is 5.91 Å². The summed E-state index contributed by atoms with van der Waals surface area (Å²) in [4.78, 5) is 24.4. The van der Waals surface area contributed by atoms with Gasteiger partial charge in [0.15, 0.2) is 11.5 Å². The fraction of sp³-hybridized carbons (Fsp3) is 0.238. The van der Waals surface area contributed by atoms with E-state index in [2.05, 4.69) is 4.98 Å². The number of amides is 1. The smallest absolute Gasteiger partial charge is 0.257 e. The molecule has 3 aromatic rings. The molecule has 1 amide bonds. The van der Waals surface area contributed by atoms with E-state index in [0.29, 0.717) is 5.56 Å². The summed E-state index contributed by atoms with van der Waals surface area (Å²) in [6.07, 6.45) is 4.94. The van der Waals surface area contributed by atoms with Crippen LogP contribution in [0, 0.1) is 17.1 Å². The molecular formula is C21H19FN6OS. The van der Waals surface area contributed by atoms with Crippen LogP contribution in [0.1, 0.15) is 24.3 Å². The predicted octanol–water partition coefficient (Wildman–Crippen LogP) is 3.04. The summed E-state index contributed by atoms with van der Waals surface area (Å²) in [5.74, 6) is -0.641. The van der Waals surface area contributed by atoms with Crippen LogP contribution in [0.25, 0.3) is 11.1 Å². The number of carbonyl (C=O) groups excluding carboxylic acids is 1. The first-order chi connectivity index (χ1) is 14.2. The van der Waals surface area contributed by atoms with Crippen molar-refractivity contribution in [3.05, 3.63) is 64.6 Å². The summed E-state index contributed by atoms with van der Waals surface area (Å²) in [6, 6.07) is 8.17. The number of halogens is 1. The molecule has 0 aliphatic carbocycles. The molecule has 1 aliphatic rings. The van der Waals surface area contributed by atoms with Gasteiger partial charge in [-0.15, -0.1) is 11.3 Å². The number of carbonyl (C=O) groups is 1. The van der Waals surface area contributed by atoms with E-state index in [9.17, 15) is 9.18 Å². The lowest BCUT2D eigenvalue weighted by molar-refractivity contribution is -0.140. The van der Waals surface area contributed by atoms with Crippen LogP contribution in [-0.4, -0.2) is 33.4 Å². The van der Waals surface area contributed by atoms with Crippen molar-refractivity contribution in [3.8, 4) is 17.2 Å². The van der Waals surface area contributed by atoms with Crippen molar-refractivity contribution in [3.63, 3.8) is 0 Å². The van der Waals surface area contributed by atoms with Gasteiger partial charge in [0.05, 0.1) is 11.9 Å². The zero-order valence-electron chi connectivity index (χ0n) is 16.6. The van der Waals surface area contributed by atoms with Crippen LogP contribution in [0.5, 0.6) is 0 Å². The molecule has 2 N–H and O–H groups in total. The van der Waals surface area contributed by atoms with Gasteiger partial charge in [-0.25, -0.2) is 14.4 Å². The average Bonchev–Trinajstić information content (AvgIpc) is 3.44. The minimum absolute atomic E-state index is 0.0218. The van der Waals surface area contributed by atoms with Gasteiger partial charge in [0.1, 0.15) is 17.4 Å². The maximum absolute atomic E-state index is 13.7. The number of aromatic nitrogens is 2. The summed E-state index contributed by atoms with van der Waals surface area (Å²) in [5, 5.41) is 11.0. The van der Waals surface area contributed by atoms with Crippen LogP contribution in [0.2, 0.25) is 0 Å². The molecule has 3 heterocycles. The maximum atomic E-state index is 13.7. The van der Waals surface area contributed by atoms with Crippen molar-refractivity contribution in [1.82, 2.24) is 14.5 Å². The number of nitrogens with two attached hydrogens (primary N) is 1. The van der Waals surface area contributed by atoms with Gasteiger partial charge < -0.3 is 10.3 Å². The molecule has 2 atom stereocenters. The van der Waals surface area contributed by atoms with Gasteiger partial charge in [-0.1, -0.05) is 6.07 Å². The van der Waals surface area contributed by atoms with Crippen molar-refractivity contribution in [2.45, 2.75) is 24.9 Å². The third kappa shape index (κ3) is 2.64. The fourth-order valence-electron chi connectivity index (χ4n) is 3.77. The van der Waals surface area contributed by atoms with Gasteiger partial charge in [-0.05, 0) is 48.6 Å². The molecule has 7 nitrogen and oxygen atoms in total.